The molecule has 3 heteroatoms. The Balaban J connectivity index is 1.74. The minimum atomic E-state index is 0.795. The second-order valence-electron chi connectivity index (χ2n) is 5.62. The van der Waals surface area contributed by atoms with Gasteiger partial charge in [-0.3, -0.25) is 4.90 Å². The second kappa shape index (κ2) is 6.19. The molecule has 0 saturated carbocycles. The molecule has 2 aromatic carbocycles. The summed E-state index contributed by atoms with van der Waals surface area (Å²) in [6.45, 7) is 3.05. The summed E-state index contributed by atoms with van der Waals surface area (Å²) < 4.78 is 5.45. The highest BCUT2D eigenvalue weighted by atomic mass is 16.5. The molecule has 0 amide bonds. The SMILES string of the molecule is COc1ccc(N)cc1CN1CCc2ccccc2CC1. The molecule has 3 nitrogen and oxygen atoms in total. The van der Waals surface area contributed by atoms with Crippen molar-refractivity contribution in [3.63, 3.8) is 0 Å². The van der Waals surface area contributed by atoms with Gasteiger partial charge in [0.25, 0.3) is 0 Å². The maximum atomic E-state index is 5.91. The van der Waals surface area contributed by atoms with Crippen LogP contribution in [0, 0.1) is 0 Å². The predicted octanol–water partition coefficient (Wildman–Crippen LogP) is 2.88. The Morgan fingerprint density at radius 1 is 1.05 bits per heavy atom. The van der Waals surface area contributed by atoms with Crippen LogP contribution >= 0.6 is 0 Å². The van der Waals surface area contributed by atoms with E-state index >= 15 is 0 Å². The van der Waals surface area contributed by atoms with Crippen molar-refractivity contribution in [1.82, 2.24) is 4.90 Å². The summed E-state index contributed by atoms with van der Waals surface area (Å²) in [5.41, 5.74) is 10.8. The number of benzene rings is 2. The van der Waals surface area contributed by atoms with Gasteiger partial charge in [0.2, 0.25) is 0 Å². The third-order valence-corrected chi connectivity index (χ3v) is 4.21. The van der Waals surface area contributed by atoms with E-state index in [-0.39, 0.29) is 0 Å². The van der Waals surface area contributed by atoms with E-state index in [9.17, 15) is 0 Å². The smallest absolute Gasteiger partial charge is 0.123 e. The van der Waals surface area contributed by atoms with Crippen LogP contribution in [-0.2, 0) is 19.4 Å². The van der Waals surface area contributed by atoms with Gasteiger partial charge in [0.05, 0.1) is 7.11 Å². The number of hydrogen-bond acceptors (Lipinski definition) is 3. The Hall–Kier alpha value is -2.00. The molecule has 3 rings (SSSR count). The molecule has 0 fully saturated rings. The van der Waals surface area contributed by atoms with Crippen LogP contribution in [0.4, 0.5) is 5.69 Å². The predicted molar refractivity (Wildman–Crippen MR) is 86.5 cm³/mol. The van der Waals surface area contributed by atoms with Crippen LogP contribution in [0.5, 0.6) is 5.75 Å². The average Bonchev–Trinajstić information content (AvgIpc) is 2.71. The van der Waals surface area contributed by atoms with Crippen molar-refractivity contribution in [2.75, 3.05) is 25.9 Å². The van der Waals surface area contributed by atoms with Gasteiger partial charge in [-0.1, -0.05) is 24.3 Å². The first kappa shape index (κ1) is 14.0. The van der Waals surface area contributed by atoms with Crippen molar-refractivity contribution in [3.05, 3.63) is 59.2 Å². The van der Waals surface area contributed by atoms with E-state index in [1.807, 2.05) is 18.2 Å². The number of methoxy groups -OCH3 is 1. The fraction of sp³-hybridized carbons (Fsp3) is 0.333. The molecule has 0 unspecified atom stereocenters. The van der Waals surface area contributed by atoms with Gasteiger partial charge in [0.15, 0.2) is 0 Å². The lowest BCUT2D eigenvalue weighted by molar-refractivity contribution is 0.274. The Kier molecular flexibility index (Phi) is 4.11. The summed E-state index contributed by atoms with van der Waals surface area (Å²) in [4.78, 5) is 2.48. The van der Waals surface area contributed by atoms with Crippen LogP contribution in [0.25, 0.3) is 0 Å². The quantitative estimate of drug-likeness (QED) is 0.880. The van der Waals surface area contributed by atoms with Crippen LogP contribution < -0.4 is 10.5 Å². The highest BCUT2D eigenvalue weighted by Gasteiger charge is 2.15. The maximum Gasteiger partial charge on any atom is 0.123 e. The molecule has 0 radical (unpaired) electrons. The lowest BCUT2D eigenvalue weighted by atomic mass is 10.0. The highest BCUT2D eigenvalue weighted by Crippen LogP contribution is 2.24. The van der Waals surface area contributed by atoms with Crippen LogP contribution in [0.2, 0.25) is 0 Å². The van der Waals surface area contributed by atoms with Gasteiger partial charge in [-0.25, -0.2) is 0 Å². The normalized spacial score (nSPS) is 15.3. The van der Waals surface area contributed by atoms with Gasteiger partial charge in [-0.2, -0.15) is 0 Å². The number of fused-ring (bicyclic) bond motifs is 1. The monoisotopic (exact) mass is 282 g/mol. The van der Waals surface area contributed by atoms with Crippen molar-refractivity contribution >= 4 is 5.69 Å². The van der Waals surface area contributed by atoms with Crippen molar-refractivity contribution in [2.24, 2.45) is 0 Å². The number of ether oxygens (including phenoxy) is 1. The third-order valence-electron chi connectivity index (χ3n) is 4.21. The maximum absolute atomic E-state index is 5.91. The Morgan fingerprint density at radius 3 is 2.33 bits per heavy atom. The van der Waals surface area contributed by atoms with Gasteiger partial charge in [-0.15, -0.1) is 0 Å². The van der Waals surface area contributed by atoms with E-state index in [1.54, 1.807) is 7.11 Å². The van der Waals surface area contributed by atoms with Crippen LogP contribution in [0.1, 0.15) is 16.7 Å². The molecule has 0 atom stereocenters. The number of nitrogen functional groups attached to an aromatic ring is 1. The first-order chi connectivity index (χ1) is 10.3. The zero-order chi connectivity index (χ0) is 14.7. The minimum absolute atomic E-state index is 0.795. The fourth-order valence-electron chi connectivity index (χ4n) is 3.04. The summed E-state index contributed by atoms with van der Waals surface area (Å²) in [5.74, 6) is 0.922. The largest absolute Gasteiger partial charge is 0.496 e. The molecule has 1 aliphatic heterocycles. The van der Waals surface area contributed by atoms with Gasteiger partial charge >= 0.3 is 0 Å². The summed E-state index contributed by atoms with van der Waals surface area (Å²) in [5, 5.41) is 0. The zero-order valence-electron chi connectivity index (χ0n) is 12.5. The standard InChI is InChI=1S/C18H22N2O/c1-21-18-7-6-17(19)12-16(18)13-20-10-8-14-4-2-3-5-15(14)9-11-20/h2-7,12H,8-11,13,19H2,1H3. The lowest BCUT2D eigenvalue weighted by Gasteiger charge is -2.21. The van der Waals surface area contributed by atoms with E-state index in [2.05, 4.69) is 29.2 Å². The van der Waals surface area contributed by atoms with Crippen LogP contribution in [0.15, 0.2) is 42.5 Å². The summed E-state index contributed by atoms with van der Waals surface area (Å²) in [6.07, 6.45) is 2.22. The van der Waals surface area contributed by atoms with Crippen LogP contribution in [0.3, 0.4) is 0 Å². The molecule has 21 heavy (non-hydrogen) atoms. The molecule has 0 bridgehead atoms. The highest BCUT2D eigenvalue weighted by molar-refractivity contribution is 5.47. The van der Waals surface area contributed by atoms with Gasteiger partial charge in [0, 0.05) is 30.9 Å². The van der Waals surface area contributed by atoms with Crippen molar-refractivity contribution < 1.29 is 4.74 Å². The molecule has 0 saturated heterocycles. The molecule has 0 aliphatic carbocycles. The Morgan fingerprint density at radius 2 is 1.71 bits per heavy atom. The topological polar surface area (TPSA) is 38.5 Å². The molecular formula is C18H22N2O. The van der Waals surface area contributed by atoms with E-state index < -0.39 is 0 Å². The first-order valence-electron chi connectivity index (χ1n) is 7.48. The number of nitrogens with two attached hydrogens (primary N) is 1. The van der Waals surface area contributed by atoms with Crippen LogP contribution in [-0.4, -0.2) is 25.1 Å². The number of rotatable bonds is 3. The molecule has 1 aliphatic rings. The molecule has 2 N–H and O–H groups in total. The summed E-state index contributed by atoms with van der Waals surface area (Å²) >= 11 is 0. The third kappa shape index (κ3) is 3.19. The molecular weight excluding hydrogens is 260 g/mol. The summed E-state index contributed by atoms with van der Waals surface area (Å²) in [7, 11) is 1.72. The van der Waals surface area contributed by atoms with E-state index in [4.69, 9.17) is 10.5 Å². The second-order valence-corrected chi connectivity index (χ2v) is 5.62. The van der Waals surface area contributed by atoms with Crippen molar-refractivity contribution in [3.8, 4) is 5.75 Å². The molecule has 0 aromatic heterocycles. The summed E-state index contributed by atoms with van der Waals surface area (Å²) in [6, 6.07) is 14.6. The first-order valence-corrected chi connectivity index (χ1v) is 7.48. The molecule has 0 spiro atoms. The molecule has 1 heterocycles. The minimum Gasteiger partial charge on any atom is -0.496 e. The Labute approximate surface area is 126 Å². The average molecular weight is 282 g/mol. The molecule has 110 valence electrons. The lowest BCUT2D eigenvalue weighted by Crippen LogP contribution is -2.26. The van der Waals surface area contributed by atoms with Gasteiger partial charge in [-0.05, 0) is 42.2 Å². The van der Waals surface area contributed by atoms with E-state index in [0.717, 1.165) is 43.9 Å². The number of anilines is 1. The molecule has 2 aromatic rings. The van der Waals surface area contributed by atoms with E-state index in [0.29, 0.717) is 0 Å². The van der Waals surface area contributed by atoms with Crippen molar-refractivity contribution in [1.29, 1.82) is 0 Å². The van der Waals surface area contributed by atoms with Crippen molar-refractivity contribution in [2.45, 2.75) is 19.4 Å². The number of nitrogens with zero attached hydrogens (tertiary/aromatic N) is 1. The number of hydrogen-bond donors (Lipinski definition) is 1. The Bertz CT molecular complexity index is 597. The fourth-order valence-corrected chi connectivity index (χ4v) is 3.04. The zero-order valence-corrected chi connectivity index (χ0v) is 12.5. The van der Waals surface area contributed by atoms with E-state index in [1.165, 1.54) is 16.7 Å². The van der Waals surface area contributed by atoms with Gasteiger partial charge < -0.3 is 10.5 Å². The van der Waals surface area contributed by atoms with Gasteiger partial charge in [0.1, 0.15) is 5.75 Å².